The highest BCUT2D eigenvalue weighted by Crippen LogP contribution is 2.30. The third kappa shape index (κ3) is 1.57. The first kappa shape index (κ1) is 9.71. The monoisotopic (exact) mass is 209 g/mol. The van der Waals surface area contributed by atoms with E-state index in [9.17, 15) is 4.79 Å². The van der Waals surface area contributed by atoms with E-state index in [4.69, 9.17) is 0 Å². The van der Waals surface area contributed by atoms with Crippen molar-refractivity contribution in [2.45, 2.75) is 33.9 Å². The standard InChI is InChI=1S/C11H15NOS/c1-11(2,3)10(13)12-6-8-4-5-14-9(8)7-12/h4-5H,6-7H2,1-3H3. The van der Waals surface area contributed by atoms with Gasteiger partial charge in [0.1, 0.15) is 0 Å². The predicted molar refractivity (Wildman–Crippen MR) is 58.0 cm³/mol. The molecule has 0 unspecified atom stereocenters. The Morgan fingerprint density at radius 2 is 2.14 bits per heavy atom. The van der Waals surface area contributed by atoms with E-state index >= 15 is 0 Å². The van der Waals surface area contributed by atoms with Crippen molar-refractivity contribution < 1.29 is 4.79 Å². The van der Waals surface area contributed by atoms with Crippen LogP contribution in [-0.2, 0) is 17.9 Å². The van der Waals surface area contributed by atoms with Gasteiger partial charge in [0.2, 0.25) is 5.91 Å². The van der Waals surface area contributed by atoms with Gasteiger partial charge in [0.25, 0.3) is 0 Å². The molecule has 0 fully saturated rings. The molecule has 2 rings (SSSR count). The Morgan fingerprint density at radius 3 is 2.71 bits per heavy atom. The predicted octanol–water partition coefficient (Wildman–Crippen LogP) is 2.64. The molecule has 1 aromatic heterocycles. The minimum Gasteiger partial charge on any atom is -0.333 e. The number of thiophene rings is 1. The van der Waals surface area contributed by atoms with E-state index in [2.05, 4.69) is 11.4 Å². The van der Waals surface area contributed by atoms with Gasteiger partial charge < -0.3 is 4.90 Å². The lowest BCUT2D eigenvalue weighted by Gasteiger charge is -2.25. The lowest BCUT2D eigenvalue weighted by Crippen LogP contribution is -2.35. The molecule has 0 saturated carbocycles. The molecule has 14 heavy (non-hydrogen) atoms. The maximum atomic E-state index is 12.0. The molecule has 3 heteroatoms. The summed E-state index contributed by atoms with van der Waals surface area (Å²) in [5.74, 6) is 0.251. The van der Waals surface area contributed by atoms with Crippen molar-refractivity contribution in [3.63, 3.8) is 0 Å². The second kappa shape index (κ2) is 3.09. The largest absolute Gasteiger partial charge is 0.333 e. The normalized spacial score (nSPS) is 15.8. The Balaban J connectivity index is 2.12. The van der Waals surface area contributed by atoms with E-state index < -0.39 is 0 Å². The minimum atomic E-state index is -0.256. The first-order chi connectivity index (χ1) is 6.48. The molecular formula is C11H15NOS. The number of carbonyl (C=O) groups excluding carboxylic acids is 1. The van der Waals surface area contributed by atoms with Crippen LogP contribution in [0.25, 0.3) is 0 Å². The molecule has 0 aromatic carbocycles. The summed E-state index contributed by atoms with van der Waals surface area (Å²) in [6.45, 7) is 7.53. The fourth-order valence-electron chi connectivity index (χ4n) is 1.70. The quantitative estimate of drug-likeness (QED) is 0.643. The first-order valence-electron chi connectivity index (χ1n) is 4.83. The molecule has 2 heterocycles. The molecule has 1 amide bonds. The first-order valence-corrected chi connectivity index (χ1v) is 5.71. The van der Waals surface area contributed by atoms with Crippen LogP contribution in [0.5, 0.6) is 0 Å². The van der Waals surface area contributed by atoms with Gasteiger partial charge in [-0.3, -0.25) is 4.79 Å². The zero-order valence-electron chi connectivity index (χ0n) is 8.83. The van der Waals surface area contributed by atoms with Gasteiger partial charge in [-0.2, -0.15) is 0 Å². The second-order valence-electron chi connectivity index (χ2n) is 4.78. The van der Waals surface area contributed by atoms with Gasteiger partial charge in [0.05, 0.1) is 6.54 Å². The maximum Gasteiger partial charge on any atom is 0.228 e. The topological polar surface area (TPSA) is 20.3 Å². The molecule has 0 N–H and O–H groups in total. The molecule has 1 aliphatic rings. The number of nitrogens with zero attached hydrogens (tertiary/aromatic N) is 1. The van der Waals surface area contributed by atoms with Crippen molar-refractivity contribution in [3.05, 3.63) is 21.9 Å². The van der Waals surface area contributed by atoms with E-state index in [1.54, 1.807) is 11.3 Å². The molecule has 0 aliphatic carbocycles. The van der Waals surface area contributed by atoms with Gasteiger partial charge in [-0.05, 0) is 17.0 Å². The molecule has 0 saturated heterocycles. The summed E-state index contributed by atoms with van der Waals surface area (Å²) < 4.78 is 0. The average molecular weight is 209 g/mol. The number of rotatable bonds is 0. The van der Waals surface area contributed by atoms with Crippen molar-refractivity contribution >= 4 is 17.2 Å². The number of hydrogen-bond donors (Lipinski definition) is 0. The van der Waals surface area contributed by atoms with E-state index in [1.165, 1.54) is 10.4 Å². The van der Waals surface area contributed by atoms with Crippen LogP contribution in [0.4, 0.5) is 0 Å². The summed E-state index contributed by atoms with van der Waals surface area (Å²) in [7, 11) is 0. The van der Waals surface area contributed by atoms with Crippen molar-refractivity contribution in [2.75, 3.05) is 0 Å². The van der Waals surface area contributed by atoms with Crippen LogP contribution in [0.3, 0.4) is 0 Å². The highest BCUT2D eigenvalue weighted by atomic mass is 32.1. The van der Waals surface area contributed by atoms with Crippen LogP contribution in [0, 0.1) is 5.41 Å². The van der Waals surface area contributed by atoms with Crippen LogP contribution in [0.1, 0.15) is 31.2 Å². The molecule has 0 bridgehead atoms. The third-order valence-electron chi connectivity index (χ3n) is 2.46. The van der Waals surface area contributed by atoms with Gasteiger partial charge in [0, 0.05) is 16.8 Å². The highest BCUT2D eigenvalue weighted by molar-refractivity contribution is 7.10. The van der Waals surface area contributed by atoms with Crippen molar-refractivity contribution in [1.29, 1.82) is 0 Å². The second-order valence-corrected chi connectivity index (χ2v) is 5.78. The lowest BCUT2D eigenvalue weighted by atomic mass is 9.95. The van der Waals surface area contributed by atoms with E-state index in [-0.39, 0.29) is 11.3 Å². The summed E-state index contributed by atoms with van der Waals surface area (Å²) >= 11 is 1.75. The smallest absolute Gasteiger partial charge is 0.228 e. The molecule has 0 atom stereocenters. The van der Waals surface area contributed by atoms with Gasteiger partial charge in [-0.1, -0.05) is 20.8 Å². The van der Waals surface area contributed by atoms with Crippen molar-refractivity contribution in [3.8, 4) is 0 Å². The summed E-state index contributed by atoms with van der Waals surface area (Å²) in [6, 6.07) is 2.12. The number of carbonyl (C=O) groups is 1. The van der Waals surface area contributed by atoms with Gasteiger partial charge in [0.15, 0.2) is 0 Å². The summed E-state index contributed by atoms with van der Waals surface area (Å²) in [6.07, 6.45) is 0. The lowest BCUT2D eigenvalue weighted by molar-refractivity contribution is -0.140. The fraction of sp³-hybridized carbons (Fsp3) is 0.545. The van der Waals surface area contributed by atoms with E-state index in [1.807, 2.05) is 25.7 Å². The van der Waals surface area contributed by atoms with E-state index in [0.29, 0.717) is 0 Å². The summed E-state index contributed by atoms with van der Waals surface area (Å²) in [4.78, 5) is 15.3. The number of fused-ring (bicyclic) bond motifs is 1. The van der Waals surface area contributed by atoms with Crippen LogP contribution in [0.2, 0.25) is 0 Å². The van der Waals surface area contributed by atoms with Crippen molar-refractivity contribution in [1.82, 2.24) is 4.90 Å². The van der Waals surface area contributed by atoms with Gasteiger partial charge in [-0.15, -0.1) is 11.3 Å². The summed E-state index contributed by atoms with van der Waals surface area (Å²) in [5, 5.41) is 2.10. The molecule has 2 nitrogen and oxygen atoms in total. The average Bonchev–Trinajstić information content (AvgIpc) is 2.58. The molecular weight excluding hydrogens is 194 g/mol. The Morgan fingerprint density at radius 1 is 1.43 bits per heavy atom. The van der Waals surface area contributed by atoms with Crippen LogP contribution in [-0.4, -0.2) is 10.8 Å². The van der Waals surface area contributed by atoms with Crippen molar-refractivity contribution in [2.24, 2.45) is 5.41 Å². The Hall–Kier alpha value is -0.830. The van der Waals surface area contributed by atoms with Crippen LogP contribution >= 0.6 is 11.3 Å². The number of hydrogen-bond acceptors (Lipinski definition) is 2. The SMILES string of the molecule is CC(C)(C)C(=O)N1Cc2ccsc2C1. The molecule has 0 radical (unpaired) electrons. The molecule has 0 spiro atoms. The Bertz CT molecular complexity index is 341. The highest BCUT2D eigenvalue weighted by Gasteiger charge is 2.31. The van der Waals surface area contributed by atoms with Crippen LogP contribution < -0.4 is 0 Å². The molecule has 76 valence electrons. The van der Waals surface area contributed by atoms with E-state index in [0.717, 1.165) is 13.1 Å². The third-order valence-corrected chi connectivity index (χ3v) is 3.41. The molecule has 1 aromatic rings. The minimum absolute atomic E-state index is 0.251. The number of amides is 1. The summed E-state index contributed by atoms with van der Waals surface area (Å²) in [5.41, 5.74) is 1.07. The Kier molecular flexibility index (Phi) is 2.14. The zero-order valence-corrected chi connectivity index (χ0v) is 9.65. The zero-order chi connectivity index (χ0) is 10.3. The Labute approximate surface area is 88.5 Å². The van der Waals surface area contributed by atoms with Gasteiger partial charge >= 0.3 is 0 Å². The molecule has 1 aliphatic heterocycles. The van der Waals surface area contributed by atoms with Gasteiger partial charge in [-0.25, -0.2) is 0 Å². The maximum absolute atomic E-state index is 12.0. The fourth-order valence-corrected chi connectivity index (χ4v) is 2.61. The van der Waals surface area contributed by atoms with Crippen LogP contribution in [0.15, 0.2) is 11.4 Å².